The average molecular weight is 254 g/mol. The number of rotatable bonds is 1. The molecule has 1 unspecified atom stereocenters. The van der Waals surface area contributed by atoms with Gasteiger partial charge in [-0.25, -0.2) is 8.78 Å². The topological polar surface area (TPSA) is 23.6 Å². The summed E-state index contributed by atoms with van der Waals surface area (Å²) >= 11 is 0. The number of benzene rings is 1. The first-order chi connectivity index (χ1) is 8.50. The molecule has 1 aliphatic rings. The van der Waals surface area contributed by atoms with Crippen LogP contribution in [0.5, 0.6) is 0 Å². The van der Waals surface area contributed by atoms with Gasteiger partial charge in [0.25, 0.3) is 5.91 Å². The standard InChI is InChI=1S/C13H16F2N2O/c1-9-8-17(7-6-16(9)2)13(18)10-4-3-5-11(14)12(10)15/h3-5,9H,6-8H2,1-2H3. The lowest BCUT2D eigenvalue weighted by molar-refractivity contribution is 0.0567. The van der Waals surface area contributed by atoms with E-state index in [2.05, 4.69) is 4.90 Å². The summed E-state index contributed by atoms with van der Waals surface area (Å²) in [6.07, 6.45) is 0. The molecule has 1 aromatic rings. The van der Waals surface area contributed by atoms with Crippen molar-refractivity contribution < 1.29 is 13.6 Å². The molecule has 1 atom stereocenters. The summed E-state index contributed by atoms with van der Waals surface area (Å²) < 4.78 is 26.6. The number of piperazine rings is 1. The van der Waals surface area contributed by atoms with E-state index < -0.39 is 17.5 Å². The lowest BCUT2D eigenvalue weighted by Gasteiger charge is -2.37. The van der Waals surface area contributed by atoms with Crippen LogP contribution in [0.4, 0.5) is 8.78 Å². The first-order valence-corrected chi connectivity index (χ1v) is 5.94. The molecule has 18 heavy (non-hydrogen) atoms. The summed E-state index contributed by atoms with van der Waals surface area (Å²) in [5, 5.41) is 0. The number of halogens is 2. The second-order valence-corrected chi connectivity index (χ2v) is 4.68. The summed E-state index contributed by atoms with van der Waals surface area (Å²) in [6, 6.07) is 3.91. The van der Waals surface area contributed by atoms with Crippen LogP contribution in [0.15, 0.2) is 18.2 Å². The van der Waals surface area contributed by atoms with E-state index in [0.717, 1.165) is 12.6 Å². The van der Waals surface area contributed by atoms with Gasteiger partial charge in [-0.15, -0.1) is 0 Å². The van der Waals surface area contributed by atoms with Gasteiger partial charge in [0.2, 0.25) is 0 Å². The number of nitrogens with zero attached hydrogens (tertiary/aromatic N) is 2. The van der Waals surface area contributed by atoms with Crippen molar-refractivity contribution in [1.82, 2.24) is 9.80 Å². The fourth-order valence-electron chi connectivity index (χ4n) is 2.07. The van der Waals surface area contributed by atoms with Crippen molar-refractivity contribution >= 4 is 5.91 Å². The molecule has 0 aromatic heterocycles. The third kappa shape index (κ3) is 2.36. The van der Waals surface area contributed by atoms with Gasteiger partial charge in [-0.05, 0) is 26.1 Å². The molecule has 1 aromatic carbocycles. The van der Waals surface area contributed by atoms with Gasteiger partial charge < -0.3 is 9.80 Å². The van der Waals surface area contributed by atoms with Gasteiger partial charge in [-0.3, -0.25) is 4.79 Å². The van der Waals surface area contributed by atoms with Gasteiger partial charge in [0.15, 0.2) is 11.6 Å². The summed E-state index contributed by atoms with van der Waals surface area (Å²) in [5.74, 6) is -2.48. The Hall–Kier alpha value is -1.49. The lowest BCUT2D eigenvalue weighted by atomic mass is 10.1. The van der Waals surface area contributed by atoms with Crippen LogP contribution in [-0.4, -0.2) is 48.4 Å². The van der Waals surface area contributed by atoms with Crippen LogP contribution in [0.1, 0.15) is 17.3 Å². The van der Waals surface area contributed by atoms with E-state index in [1.54, 1.807) is 4.90 Å². The van der Waals surface area contributed by atoms with E-state index >= 15 is 0 Å². The molecule has 98 valence electrons. The number of carbonyl (C=O) groups excluding carboxylic acids is 1. The summed E-state index contributed by atoms with van der Waals surface area (Å²) in [5.41, 5.74) is -0.188. The third-order valence-electron chi connectivity index (χ3n) is 3.43. The van der Waals surface area contributed by atoms with Gasteiger partial charge in [0.05, 0.1) is 5.56 Å². The molecule has 2 rings (SSSR count). The highest BCUT2D eigenvalue weighted by Crippen LogP contribution is 2.16. The number of amides is 1. The maximum absolute atomic E-state index is 13.5. The van der Waals surface area contributed by atoms with Crippen LogP contribution < -0.4 is 0 Å². The van der Waals surface area contributed by atoms with Crippen LogP contribution in [0.2, 0.25) is 0 Å². The molecular weight excluding hydrogens is 238 g/mol. The lowest BCUT2D eigenvalue weighted by Crippen LogP contribution is -2.52. The number of carbonyl (C=O) groups is 1. The fraction of sp³-hybridized carbons (Fsp3) is 0.462. The van der Waals surface area contributed by atoms with Crippen molar-refractivity contribution in [2.75, 3.05) is 26.7 Å². The van der Waals surface area contributed by atoms with Crippen molar-refractivity contribution in [3.8, 4) is 0 Å². The number of likely N-dealkylation sites (N-methyl/N-ethyl adjacent to an activating group) is 1. The largest absolute Gasteiger partial charge is 0.336 e. The van der Waals surface area contributed by atoms with Crippen molar-refractivity contribution in [3.05, 3.63) is 35.4 Å². The molecule has 0 N–H and O–H groups in total. The molecule has 0 saturated carbocycles. The molecule has 1 saturated heterocycles. The number of hydrogen-bond acceptors (Lipinski definition) is 2. The van der Waals surface area contributed by atoms with Gasteiger partial charge in [0, 0.05) is 25.7 Å². The highest BCUT2D eigenvalue weighted by molar-refractivity contribution is 5.94. The smallest absolute Gasteiger partial charge is 0.257 e. The van der Waals surface area contributed by atoms with Crippen LogP contribution in [0, 0.1) is 11.6 Å². The van der Waals surface area contributed by atoms with Crippen LogP contribution in [0.25, 0.3) is 0 Å². The third-order valence-corrected chi connectivity index (χ3v) is 3.43. The molecule has 1 amide bonds. The van der Waals surface area contributed by atoms with Crippen LogP contribution in [-0.2, 0) is 0 Å². The van der Waals surface area contributed by atoms with E-state index in [0.29, 0.717) is 13.1 Å². The summed E-state index contributed by atoms with van der Waals surface area (Å²) in [6.45, 7) is 3.81. The number of hydrogen-bond donors (Lipinski definition) is 0. The van der Waals surface area contributed by atoms with Crippen molar-refractivity contribution in [2.45, 2.75) is 13.0 Å². The average Bonchev–Trinajstić information content (AvgIpc) is 2.35. The van der Waals surface area contributed by atoms with Crippen molar-refractivity contribution in [1.29, 1.82) is 0 Å². The Balaban J connectivity index is 2.19. The Bertz CT molecular complexity index is 464. The quantitative estimate of drug-likeness (QED) is 0.762. The van der Waals surface area contributed by atoms with E-state index in [4.69, 9.17) is 0 Å². The Morgan fingerprint density at radius 1 is 1.33 bits per heavy atom. The highest BCUT2D eigenvalue weighted by atomic mass is 19.2. The zero-order chi connectivity index (χ0) is 13.3. The summed E-state index contributed by atoms with van der Waals surface area (Å²) in [7, 11) is 1.98. The molecule has 1 fully saturated rings. The normalized spacial score (nSPS) is 21.1. The minimum absolute atomic E-state index is 0.188. The van der Waals surface area contributed by atoms with Gasteiger partial charge in [-0.1, -0.05) is 6.07 Å². The second kappa shape index (κ2) is 5.02. The van der Waals surface area contributed by atoms with Crippen LogP contribution >= 0.6 is 0 Å². The predicted molar refractivity (Wildman–Crippen MR) is 64.4 cm³/mol. The SMILES string of the molecule is CC1CN(C(=O)c2cccc(F)c2F)CCN1C. The Kier molecular flexibility index (Phi) is 3.61. The van der Waals surface area contributed by atoms with E-state index in [-0.39, 0.29) is 11.6 Å². The highest BCUT2D eigenvalue weighted by Gasteiger charge is 2.27. The maximum Gasteiger partial charge on any atom is 0.257 e. The van der Waals surface area contributed by atoms with E-state index in [1.165, 1.54) is 12.1 Å². The van der Waals surface area contributed by atoms with Gasteiger partial charge >= 0.3 is 0 Å². The minimum Gasteiger partial charge on any atom is -0.336 e. The van der Waals surface area contributed by atoms with E-state index in [9.17, 15) is 13.6 Å². The molecular formula is C13H16F2N2O. The molecule has 0 spiro atoms. The maximum atomic E-state index is 13.5. The molecule has 0 radical (unpaired) electrons. The zero-order valence-electron chi connectivity index (χ0n) is 10.5. The van der Waals surface area contributed by atoms with Crippen molar-refractivity contribution in [3.63, 3.8) is 0 Å². The Morgan fingerprint density at radius 2 is 2.06 bits per heavy atom. The van der Waals surface area contributed by atoms with Gasteiger partial charge in [0.1, 0.15) is 0 Å². The molecule has 1 aliphatic heterocycles. The summed E-state index contributed by atoms with van der Waals surface area (Å²) in [4.78, 5) is 15.8. The second-order valence-electron chi connectivity index (χ2n) is 4.68. The first kappa shape index (κ1) is 13.0. The molecule has 3 nitrogen and oxygen atoms in total. The molecule has 0 aliphatic carbocycles. The predicted octanol–water partition coefficient (Wildman–Crippen LogP) is 1.74. The van der Waals surface area contributed by atoms with E-state index in [1.807, 2.05) is 14.0 Å². The van der Waals surface area contributed by atoms with Gasteiger partial charge in [-0.2, -0.15) is 0 Å². The Labute approximate surface area is 105 Å². The molecule has 1 heterocycles. The van der Waals surface area contributed by atoms with Crippen LogP contribution in [0.3, 0.4) is 0 Å². The monoisotopic (exact) mass is 254 g/mol. The zero-order valence-corrected chi connectivity index (χ0v) is 10.5. The molecule has 5 heteroatoms. The first-order valence-electron chi connectivity index (χ1n) is 5.94. The molecule has 0 bridgehead atoms. The fourth-order valence-corrected chi connectivity index (χ4v) is 2.07. The Morgan fingerprint density at radius 3 is 2.72 bits per heavy atom. The van der Waals surface area contributed by atoms with Crippen molar-refractivity contribution in [2.24, 2.45) is 0 Å². The minimum atomic E-state index is -1.06.